The van der Waals surface area contributed by atoms with Gasteiger partial charge >= 0.3 is 0 Å². The first-order chi connectivity index (χ1) is 14.1. The maximum atomic E-state index is 12.4. The quantitative estimate of drug-likeness (QED) is 0.334. The van der Waals surface area contributed by atoms with Crippen molar-refractivity contribution in [1.82, 2.24) is 9.97 Å². The van der Waals surface area contributed by atoms with Crippen LogP contribution in [0.1, 0.15) is 18.4 Å². The molecule has 2 heterocycles. The summed E-state index contributed by atoms with van der Waals surface area (Å²) in [6, 6.07) is 19.3. The fraction of sp³-hybridized carbons (Fsp3) is 0.130. The fourth-order valence-electron chi connectivity index (χ4n) is 3.41. The Morgan fingerprint density at radius 1 is 1.10 bits per heavy atom. The van der Waals surface area contributed by atoms with E-state index >= 15 is 0 Å². The molecule has 0 aliphatic carbocycles. The summed E-state index contributed by atoms with van der Waals surface area (Å²) < 4.78 is 0.872. The Balaban J connectivity index is 1.53. The monoisotopic (exact) mass is 467 g/mol. The van der Waals surface area contributed by atoms with Crippen molar-refractivity contribution in [2.75, 3.05) is 5.32 Å². The molecule has 2 aromatic heterocycles. The molecule has 0 spiro atoms. The zero-order chi connectivity index (χ0) is 20.2. The number of para-hydroxylation sites is 1. The van der Waals surface area contributed by atoms with E-state index in [2.05, 4.69) is 31.2 Å². The summed E-state index contributed by atoms with van der Waals surface area (Å²) in [5.74, 6) is -0.00541. The Morgan fingerprint density at radius 3 is 2.72 bits per heavy atom. The van der Waals surface area contributed by atoms with Crippen LogP contribution in [0.5, 0.6) is 0 Å². The average Bonchev–Trinajstić information content (AvgIpc) is 3.08. The molecule has 0 fully saturated rings. The third-order valence-electron chi connectivity index (χ3n) is 4.77. The van der Waals surface area contributed by atoms with E-state index in [-0.39, 0.29) is 5.91 Å². The largest absolute Gasteiger partial charge is 0.353 e. The highest BCUT2D eigenvalue weighted by Gasteiger charge is 2.15. The summed E-state index contributed by atoms with van der Waals surface area (Å²) in [6.07, 6.45) is 3.67. The molecule has 4 rings (SSSR count). The van der Waals surface area contributed by atoms with E-state index in [1.54, 1.807) is 6.20 Å². The van der Waals surface area contributed by atoms with E-state index in [1.807, 2.05) is 60.7 Å². The van der Waals surface area contributed by atoms with Crippen molar-refractivity contribution in [2.24, 2.45) is 0 Å². The van der Waals surface area contributed by atoms with E-state index in [9.17, 15) is 4.79 Å². The molecule has 0 atom stereocenters. The lowest BCUT2D eigenvalue weighted by molar-refractivity contribution is -0.116. The zero-order valence-corrected chi connectivity index (χ0v) is 17.9. The molecule has 6 heteroatoms. The van der Waals surface area contributed by atoms with Crippen LogP contribution >= 0.6 is 27.5 Å². The van der Waals surface area contributed by atoms with Crippen molar-refractivity contribution in [2.45, 2.75) is 19.3 Å². The number of aromatic amines is 1. The second kappa shape index (κ2) is 8.80. The minimum atomic E-state index is -0.00541. The molecule has 4 nitrogen and oxygen atoms in total. The van der Waals surface area contributed by atoms with Crippen LogP contribution in [-0.4, -0.2) is 15.9 Å². The summed E-state index contributed by atoms with van der Waals surface area (Å²) in [6.45, 7) is 0. The van der Waals surface area contributed by atoms with Gasteiger partial charge in [0.2, 0.25) is 5.91 Å². The number of rotatable bonds is 6. The number of hydrogen-bond acceptors (Lipinski definition) is 2. The fourth-order valence-corrected chi connectivity index (χ4v) is 3.97. The minimum absolute atomic E-state index is 0.00541. The third kappa shape index (κ3) is 4.52. The lowest BCUT2D eigenvalue weighted by Crippen LogP contribution is -2.11. The number of anilines is 1. The van der Waals surface area contributed by atoms with Gasteiger partial charge in [-0.1, -0.05) is 29.8 Å². The molecular formula is C23H19BrClN3O. The van der Waals surface area contributed by atoms with Gasteiger partial charge in [0.1, 0.15) is 0 Å². The predicted octanol–water partition coefficient (Wildman–Crippen LogP) is 6.61. The number of amides is 1. The van der Waals surface area contributed by atoms with Crippen LogP contribution in [0.3, 0.4) is 0 Å². The van der Waals surface area contributed by atoms with E-state index in [1.165, 1.54) is 0 Å². The Labute approximate surface area is 182 Å². The molecular weight excluding hydrogens is 450 g/mol. The molecule has 0 bridgehead atoms. The van der Waals surface area contributed by atoms with Crippen molar-refractivity contribution in [3.63, 3.8) is 0 Å². The first-order valence-electron chi connectivity index (χ1n) is 9.38. The topological polar surface area (TPSA) is 57.8 Å². The second-order valence-corrected chi connectivity index (χ2v) is 8.06. The number of nitrogens with one attached hydrogen (secondary N) is 2. The van der Waals surface area contributed by atoms with Crippen LogP contribution in [0.4, 0.5) is 5.69 Å². The highest BCUT2D eigenvalue weighted by molar-refractivity contribution is 9.10. The van der Waals surface area contributed by atoms with E-state index in [0.29, 0.717) is 11.4 Å². The number of nitrogens with zero attached hydrogens (tertiary/aromatic N) is 1. The number of aromatic nitrogens is 2. The zero-order valence-electron chi connectivity index (χ0n) is 15.6. The van der Waals surface area contributed by atoms with Crippen molar-refractivity contribution >= 4 is 50.0 Å². The molecule has 0 radical (unpaired) electrons. The Kier molecular flexibility index (Phi) is 5.97. The molecule has 0 unspecified atom stereocenters. The van der Waals surface area contributed by atoms with Crippen LogP contribution in [0, 0.1) is 0 Å². The minimum Gasteiger partial charge on any atom is -0.353 e. The molecule has 1 amide bonds. The highest BCUT2D eigenvalue weighted by Crippen LogP contribution is 2.32. The van der Waals surface area contributed by atoms with Gasteiger partial charge in [-0.15, -0.1) is 0 Å². The third-order valence-corrected chi connectivity index (χ3v) is 5.69. The highest BCUT2D eigenvalue weighted by atomic mass is 79.9. The number of hydrogen-bond donors (Lipinski definition) is 2. The maximum Gasteiger partial charge on any atom is 0.224 e. The van der Waals surface area contributed by atoms with Crippen molar-refractivity contribution in [1.29, 1.82) is 0 Å². The summed E-state index contributed by atoms with van der Waals surface area (Å²) in [5.41, 5.74) is 4.80. The van der Waals surface area contributed by atoms with Gasteiger partial charge in [-0.25, -0.2) is 0 Å². The molecule has 29 heavy (non-hydrogen) atoms. The first kappa shape index (κ1) is 19.7. The number of aryl methyl sites for hydroxylation is 1. The smallest absolute Gasteiger partial charge is 0.224 e. The molecule has 146 valence electrons. The number of fused-ring (bicyclic) bond motifs is 1. The lowest BCUT2D eigenvalue weighted by Gasteiger charge is -2.08. The summed E-state index contributed by atoms with van der Waals surface area (Å²) in [4.78, 5) is 20.3. The molecule has 0 saturated heterocycles. The number of halogens is 2. The molecule has 2 aromatic carbocycles. The summed E-state index contributed by atoms with van der Waals surface area (Å²) in [5, 5.41) is 4.72. The van der Waals surface area contributed by atoms with Gasteiger partial charge in [-0.2, -0.15) is 0 Å². The first-order valence-corrected chi connectivity index (χ1v) is 10.5. The number of carbonyl (C=O) groups excluding carboxylic acids is 1. The summed E-state index contributed by atoms with van der Waals surface area (Å²) >= 11 is 9.69. The Hall–Kier alpha value is -2.63. The van der Waals surface area contributed by atoms with Crippen LogP contribution in [0.15, 0.2) is 71.3 Å². The lowest BCUT2D eigenvalue weighted by atomic mass is 10.0. The number of H-pyrrole nitrogens is 1. The van der Waals surface area contributed by atoms with Crippen LogP contribution in [-0.2, 0) is 11.2 Å². The van der Waals surface area contributed by atoms with Crippen molar-refractivity contribution < 1.29 is 4.79 Å². The van der Waals surface area contributed by atoms with Gasteiger partial charge < -0.3 is 10.3 Å². The van der Waals surface area contributed by atoms with Crippen LogP contribution in [0.2, 0.25) is 5.02 Å². The van der Waals surface area contributed by atoms with E-state index in [0.717, 1.165) is 50.9 Å². The summed E-state index contributed by atoms with van der Waals surface area (Å²) in [7, 11) is 0. The molecule has 0 aliphatic heterocycles. The Bertz CT molecular complexity index is 1160. The molecule has 0 aliphatic rings. The van der Waals surface area contributed by atoms with Crippen molar-refractivity contribution in [3.8, 4) is 11.4 Å². The molecule has 0 saturated carbocycles. The van der Waals surface area contributed by atoms with Gasteiger partial charge in [0.05, 0.1) is 17.1 Å². The van der Waals surface area contributed by atoms with Crippen molar-refractivity contribution in [3.05, 3.63) is 81.9 Å². The maximum absolute atomic E-state index is 12.4. The Morgan fingerprint density at radius 2 is 1.93 bits per heavy atom. The van der Waals surface area contributed by atoms with Gasteiger partial charge in [0.15, 0.2) is 0 Å². The number of pyridine rings is 1. The van der Waals surface area contributed by atoms with Gasteiger partial charge in [0, 0.05) is 33.0 Å². The van der Waals surface area contributed by atoms with E-state index in [4.69, 9.17) is 11.6 Å². The standard InChI is InChI=1S/C23H19BrClN3O/c24-18-7-1-2-8-20(18)27-22(29)10-5-6-16-17-14-15(25)11-12-19(17)28-23(16)21-9-3-4-13-26-21/h1-4,7-9,11-14,28H,5-6,10H2,(H,27,29). The van der Waals surface area contributed by atoms with Crippen LogP contribution in [0.25, 0.3) is 22.3 Å². The van der Waals surface area contributed by atoms with Gasteiger partial charge in [-0.05, 0) is 76.8 Å². The van der Waals surface area contributed by atoms with Gasteiger partial charge in [-0.3, -0.25) is 9.78 Å². The number of carbonyl (C=O) groups is 1. The molecule has 2 N–H and O–H groups in total. The number of benzene rings is 2. The van der Waals surface area contributed by atoms with Gasteiger partial charge in [0.25, 0.3) is 0 Å². The second-order valence-electron chi connectivity index (χ2n) is 6.77. The SMILES string of the molecule is O=C(CCCc1c(-c2ccccn2)[nH]c2ccc(Cl)cc12)Nc1ccccc1Br. The average molecular weight is 469 g/mol. The van der Waals surface area contributed by atoms with Crippen LogP contribution < -0.4 is 5.32 Å². The normalized spacial score (nSPS) is 11.0. The molecule has 4 aromatic rings. The predicted molar refractivity (Wildman–Crippen MR) is 122 cm³/mol. The van der Waals surface area contributed by atoms with E-state index < -0.39 is 0 Å².